The molecule has 0 spiro atoms. The molecule has 3 unspecified atom stereocenters. The van der Waals surface area contributed by atoms with Crippen LogP contribution in [0, 0.1) is 0 Å². The SMILES string of the molecule is C/C=C\c1ncc2cc1/C(=C/OCc1ccccc1)OCC(F)CNC(=O)C1CC(CCN1C(=O)OC(C)(C)C)N2. The number of aromatic nitrogens is 1. The minimum atomic E-state index is -1.51. The molecule has 1 aromatic heterocycles. The molecule has 2 aliphatic rings. The maximum atomic E-state index is 15.1. The van der Waals surface area contributed by atoms with Crippen molar-refractivity contribution in [2.45, 2.75) is 71.0 Å². The molecule has 0 saturated carbocycles. The van der Waals surface area contributed by atoms with Gasteiger partial charge in [-0.1, -0.05) is 36.4 Å². The van der Waals surface area contributed by atoms with Crippen molar-refractivity contribution in [3.8, 4) is 0 Å². The molecule has 220 valence electrons. The molecule has 41 heavy (non-hydrogen) atoms. The van der Waals surface area contributed by atoms with Crippen LogP contribution in [-0.2, 0) is 25.6 Å². The summed E-state index contributed by atoms with van der Waals surface area (Å²) >= 11 is 0. The number of hydrogen-bond acceptors (Lipinski definition) is 7. The first-order valence-corrected chi connectivity index (χ1v) is 13.9. The van der Waals surface area contributed by atoms with Crippen molar-refractivity contribution < 1.29 is 28.2 Å². The number of rotatable bonds is 4. The number of pyridine rings is 1. The molecule has 9 nitrogen and oxygen atoms in total. The molecule has 4 bridgehead atoms. The van der Waals surface area contributed by atoms with Gasteiger partial charge in [0.25, 0.3) is 0 Å². The summed E-state index contributed by atoms with van der Waals surface area (Å²) in [5.41, 5.74) is 2.25. The summed E-state index contributed by atoms with van der Waals surface area (Å²) in [6.45, 7) is 7.24. The second-order valence-corrected chi connectivity index (χ2v) is 11.1. The lowest BCUT2D eigenvalue weighted by Crippen LogP contribution is -2.57. The Morgan fingerprint density at radius 3 is 2.78 bits per heavy atom. The van der Waals surface area contributed by atoms with E-state index in [1.165, 1.54) is 11.2 Å². The Kier molecular flexibility index (Phi) is 9.86. The van der Waals surface area contributed by atoms with Crippen molar-refractivity contribution in [1.82, 2.24) is 15.2 Å². The third kappa shape index (κ3) is 8.45. The molecule has 2 aliphatic heterocycles. The van der Waals surface area contributed by atoms with Crippen molar-refractivity contribution >= 4 is 29.5 Å². The number of nitrogens with one attached hydrogen (secondary N) is 2. The van der Waals surface area contributed by atoms with E-state index in [4.69, 9.17) is 14.2 Å². The van der Waals surface area contributed by atoms with E-state index in [2.05, 4.69) is 15.6 Å². The Hall–Kier alpha value is -4.08. The molecule has 2 N–H and O–H groups in total. The summed E-state index contributed by atoms with van der Waals surface area (Å²) in [6, 6.07) is 10.6. The number of allylic oxidation sites excluding steroid dienone is 1. The van der Waals surface area contributed by atoms with Crippen molar-refractivity contribution in [1.29, 1.82) is 0 Å². The zero-order valence-electron chi connectivity index (χ0n) is 24.1. The molecule has 3 atom stereocenters. The van der Waals surface area contributed by atoms with E-state index in [1.54, 1.807) is 27.0 Å². The number of carbonyl (C=O) groups is 2. The molecule has 10 heteroatoms. The Labute approximate surface area is 240 Å². The van der Waals surface area contributed by atoms with Gasteiger partial charge in [0, 0.05) is 18.2 Å². The third-order valence-electron chi connectivity index (χ3n) is 6.61. The van der Waals surface area contributed by atoms with Gasteiger partial charge in [-0.3, -0.25) is 14.7 Å². The van der Waals surface area contributed by atoms with E-state index in [-0.39, 0.29) is 19.2 Å². The van der Waals surface area contributed by atoms with Crippen molar-refractivity contribution in [2.24, 2.45) is 0 Å². The summed E-state index contributed by atoms with van der Waals surface area (Å²) in [4.78, 5) is 32.2. The first-order chi connectivity index (χ1) is 19.6. The van der Waals surface area contributed by atoms with Crippen LogP contribution in [0.5, 0.6) is 0 Å². The van der Waals surface area contributed by atoms with Gasteiger partial charge in [0.15, 0.2) is 11.9 Å². The largest absolute Gasteiger partial charge is 0.493 e. The molecule has 1 saturated heterocycles. The highest BCUT2D eigenvalue weighted by atomic mass is 19.1. The minimum absolute atomic E-state index is 0.140. The lowest BCUT2D eigenvalue weighted by Gasteiger charge is -2.39. The lowest BCUT2D eigenvalue weighted by atomic mass is 9.96. The molecule has 3 heterocycles. The smallest absolute Gasteiger partial charge is 0.410 e. The van der Waals surface area contributed by atoms with Crippen LogP contribution in [0.4, 0.5) is 14.9 Å². The fourth-order valence-corrected chi connectivity index (χ4v) is 4.69. The van der Waals surface area contributed by atoms with Gasteiger partial charge >= 0.3 is 6.09 Å². The quantitative estimate of drug-likeness (QED) is 0.485. The van der Waals surface area contributed by atoms with Gasteiger partial charge in [0.2, 0.25) is 5.91 Å². The zero-order valence-corrected chi connectivity index (χ0v) is 24.1. The maximum Gasteiger partial charge on any atom is 0.410 e. The molecule has 2 aromatic rings. The van der Waals surface area contributed by atoms with E-state index in [9.17, 15) is 9.59 Å². The fourth-order valence-electron chi connectivity index (χ4n) is 4.69. The maximum absolute atomic E-state index is 15.1. The Bertz CT molecular complexity index is 1260. The van der Waals surface area contributed by atoms with Crippen molar-refractivity contribution in [3.05, 3.63) is 71.8 Å². The van der Waals surface area contributed by atoms with E-state index >= 15 is 4.39 Å². The Morgan fingerprint density at radius 1 is 1.27 bits per heavy atom. The molecule has 0 radical (unpaired) electrons. The molecule has 2 amide bonds. The summed E-state index contributed by atoms with van der Waals surface area (Å²) in [6.07, 6.45) is 5.74. The first kappa shape index (κ1) is 29.9. The second kappa shape index (κ2) is 13.5. The number of fused-ring (bicyclic) bond motifs is 4. The second-order valence-electron chi connectivity index (χ2n) is 11.1. The van der Waals surface area contributed by atoms with Gasteiger partial charge in [-0.2, -0.15) is 0 Å². The first-order valence-electron chi connectivity index (χ1n) is 13.9. The van der Waals surface area contributed by atoms with Gasteiger partial charge in [-0.15, -0.1) is 0 Å². The highest BCUT2D eigenvalue weighted by Gasteiger charge is 2.38. The summed E-state index contributed by atoms with van der Waals surface area (Å²) < 4.78 is 32.4. The number of carbonyl (C=O) groups excluding carboxylic acids is 2. The van der Waals surface area contributed by atoms with Crippen LogP contribution >= 0.6 is 0 Å². The zero-order chi connectivity index (χ0) is 29.4. The van der Waals surface area contributed by atoms with E-state index in [0.717, 1.165) is 5.56 Å². The van der Waals surface area contributed by atoms with Crippen LogP contribution in [-0.4, -0.2) is 65.4 Å². The minimum Gasteiger partial charge on any atom is -0.493 e. The number of ether oxygens (including phenoxy) is 3. The Balaban J connectivity index is 1.63. The van der Waals surface area contributed by atoms with Crippen LogP contribution in [0.3, 0.4) is 0 Å². The standard InChI is InChI=1S/C31H39FN4O5/c1-5-9-26-25-14-24(17-33-26)35-23-12-13-36(30(38)41-31(2,3)4)27(15-23)29(37)34-16-22(32)19-40-28(25)20-39-18-21-10-7-6-8-11-21/h5-11,14,17,20,22-23,27,35H,12-13,15-16,18-19H2,1-4H3,(H,34,37)/b9-5-,28-20-. The third-order valence-corrected chi connectivity index (χ3v) is 6.61. The van der Waals surface area contributed by atoms with E-state index in [1.807, 2.05) is 55.5 Å². The van der Waals surface area contributed by atoms with Gasteiger partial charge < -0.3 is 24.8 Å². The van der Waals surface area contributed by atoms with Crippen LogP contribution in [0.25, 0.3) is 11.8 Å². The normalized spacial score (nSPS) is 22.8. The number of anilines is 1. The number of likely N-dealkylation sites (tertiary alicyclic amines) is 1. The molecular weight excluding hydrogens is 527 g/mol. The predicted octanol–water partition coefficient (Wildman–Crippen LogP) is 5.29. The molecule has 1 aromatic carbocycles. The van der Waals surface area contributed by atoms with Crippen LogP contribution in [0.2, 0.25) is 0 Å². The van der Waals surface area contributed by atoms with Gasteiger partial charge in [-0.25, -0.2) is 9.18 Å². The van der Waals surface area contributed by atoms with Crippen LogP contribution < -0.4 is 10.6 Å². The average molecular weight is 567 g/mol. The molecule has 1 fully saturated rings. The number of piperidine rings is 1. The number of halogens is 1. The predicted molar refractivity (Wildman–Crippen MR) is 155 cm³/mol. The fraction of sp³-hybridized carbons (Fsp3) is 0.452. The van der Waals surface area contributed by atoms with Crippen molar-refractivity contribution in [2.75, 3.05) is 25.0 Å². The Morgan fingerprint density at radius 2 is 2.05 bits per heavy atom. The molecular formula is C31H39FN4O5. The summed E-state index contributed by atoms with van der Waals surface area (Å²) in [7, 11) is 0. The lowest BCUT2D eigenvalue weighted by molar-refractivity contribution is -0.128. The van der Waals surface area contributed by atoms with E-state index < -0.39 is 29.8 Å². The van der Waals surface area contributed by atoms with Gasteiger partial charge in [0.1, 0.15) is 31.1 Å². The van der Waals surface area contributed by atoms with Crippen LogP contribution in [0.15, 0.2) is 54.9 Å². The van der Waals surface area contributed by atoms with E-state index in [0.29, 0.717) is 48.7 Å². The van der Waals surface area contributed by atoms with Gasteiger partial charge in [-0.05, 0) is 58.2 Å². The monoisotopic (exact) mass is 566 g/mol. The van der Waals surface area contributed by atoms with Crippen LogP contribution in [0.1, 0.15) is 57.4 Å². The number of amides is 2. The molecule has 0 aliphatic carbocycles. The topological polar surface area (TPSA) is 102 Å². The average Bonchev–Trinajstić information content (AvgIpc) is 2.93. The summed E-state index contributed by atoms with van der Waals surface area (Å²) in [5.74, 6) is -0.111. The molecule has 4 rings (SSSR count). The highest BCUT2D eigenvalue weighted by Crippen LogP contribution is 2.28. The number of hydrogen-bond donors (Lipinski definition) is 2. The van der Waals surface area contributed by atoms with Crippen molar-refractivity contribution in [3.63, 3.8) is 0 Å². The highest BCUT2D eigenvalue weighted by molar-refractivity contribution is 5.86. The number of benzene rings is 1. The number of alkyl halides is 1. The number of nitrogens with zero attached hydrogens (tertiary/aromatic N) is 2. The summed E-state index contributed by atoms with van der Waals surface area (Å²) in [5, 5.41) is 6.13. The van der Waals surface area contributed by atoms with Gasteiger partial charge in [0.05, 0.1) is 24.1 Å².